The summed E-state index contributed by atoms with van der Waals surface area (Å²) in [7, 11) is 0. The first-order valence-corrected chi connectivity index (χ1v) is 11.1. The molecular weight excluding hydrogens is 452 g/mol. The number of nitrogens with zero attached hydrogens (tertiary/aromatic N) is 4. The van der Waals surface area contributed by atoms with E-state index in [9.17, 15) is 4.79 Å². The predicted octanol–water partition coefficient (Wildman–Crippen LogP) is 5.07. The second kappa shape index (κ2) is 9.94. The monoisotopic (exact) mass is 474 g/mol. The molecule has 8 heteroatoms. The lowest BCUT2D eigenvalue weighted by Crippen LogP contribution is -1.97. The van der Waals surface area contributed by atoms with Gasteiger partial charge < -0.3 is 15.9 Å². The van der Waals surface area contributed by atoms with Crippen LogP contribution in [-0.2, 0) is 0 Å². The summed E-state index contributed by atoms with van der Waals surface area (Å²) in [5.74, 6) is 0. The highest BCUT2D eigenvalue weighted by molar-refractivity contribution is 5.96. The highest BCUT2D eigenvalue weighted by Crippen LogP contribution is 2.22. The number of benzene rings is 2. The van der Waals surface area contributed by atoms with E-state index in [0.717, 1.165) is 27.6 Å². The van der Waals surface area contributed by atoms with Crippen molar-refractivity contribution in [3.05, 3.63) is 120 Å². The van der Waals surface area contributed by atoms with Gasteiger partial charge in [-0.05, 0) is 60.7 Å². The van der Waals surface area contributed by atoms with Crippen molar-refractivity contribution >= 4 is 49.9 Å². The number of hydrogen-bond acceptors (Lipinski definition) is 7. The first-order chi connectivity index (χ1) is 17.6. The van der Waals surface area contributed by atoms with Gasteiger partial charge in [-0.25, -0.2) is 9.78 Å². The molecule has 0 amide bonds. The molecule has 0 atom stereocenters. The normalized spacial score (nSPS) is 10.6. The molecule has 0 radical (unpaired) electrons. The van der Waals surface area contributed by atoms with Crippen molar-refractivity contribution in [2.75, 3.05) is 11.5 Å². The number of anilines is 2. The lowest BCUT2D eigenvalue weighted by molar-refractivity contribution is 0.519. The van der Waals surface area contributed by atoms with Gasteiger partial charge in [0.25, 0.3) is 0 Å². The number of fused-ring (bicyclic) bond motifs is 6. The number of rotatable bonds is 0. The molecule has 0 aliphatic carbocycles. The standard InChI is InChI=1S/C14H9N3.C8H5NO2.C6H8N2/c1-2-6-13-12(5-1)16-14-10-4-3-8-15-11(10)7-9-17(13)14;10-8-6-2-1-4-9-7(6)3-5-11-8;7-5-3-1-2-4-6(5)8/h1-9H;1-5H;1-4H,7-8H2. The Labute approximate surface area is 205 Å². The van der Waals surface area contributed by atoms with Crippen LogP contribution in [0.4, 0.5) is 11.4 Å². The van der Waals surface area contributed by atoms with E-state index < -0.39 is 0 Å². The average molecular weight is 475 g/mol. The summed E-state index contributed by atoms with van der Waals surface area (Å²) in [4.78, 5) is 24.0. The Balaban J connectivity index is 0.000000121. The molecule has 176 valence electrons. The third-order valence-electron chi connectivity index (χ3n) is 5.51. The van der Waals surface area contributed by atoms with Gasteiger partial charge in [-0.15, -0.1) is 0 Å². The molecule has 8 nitrogen and oxygen atoms in total. The van der Waals surface area contributed by atoms with Crippen LogP contribution in [0.25, 0.3) is 38.5 Å². The van der Waals surface area contributed by atoms with Crippen LogP contribution >= 0.6 is 0 Å². The number of nitrogens with two attached hydrogens (primary N) is 2. The van der Waals surface area contributed by atoms with Crippen molar-refractivity contribution in [1.82, 2.24) is 19.4 Å². The molecule has 36 heavy (non-hydrogen) atoms. The Kier molecular flexibility index (Phi) is 6.23. The van der Waals surface area contributed by atoms with Gasteiger partial charge in [0.1, 0.15) is 5.65 Å². The zero-order chi connectivity index (χ0) is 24.9. The van der Waals surface area contributed by atoms with E-state index in [1.165, 1.54) is 6.26 Å². The van der Waals surface area contributed by atoms with Gasteiger partial charge >= 0.3 is 5.63 Å². The molecule has 0 aliphatic heterocycles. The minimum atomic E-state index is -0.337. The predicted molar refractivity (Wildman–Crippen MR) is 144 cm³/mol. The molecule has 0 fully saturated rings. The van der Waals surface area contributed by atoms with E-state index >= 15 is 0 Å². The highest BCUT2D eigenvalue weighted by Gasteiger charge is 2.06. The molecule has 7 aromatic rings. The third kappa shape index (κ3) is 4.55. The van der Waals surface area contributed by atoms with Gasteiger partial charge in [-0.3, -0.25) is 14.4 Å². The van der Waals surface area contributed by atoms with Crippen LogP contribution in [0.3, 0.4) is 0 Å². The SMILES string of the molecule is Nc1ccccc1N.O=c1occc2ncccc12.c1ccc2c(c1)nc1c3cccnc3ccn21. The van der Waals surface area contributed by atoms with E-state index in [0.29, 0.717) is 22.3 Å². The van der Waals surface area contributed by atoms with Crippen LogP contribution < -0.4 is 17.1 Å². The Hall–Kier alpha value is -5.24. The number of aromatic nitrogens is 4. The number of imidazole rings is 1. The molecule has 0 spiro atoms. The quantitative estimate of drug-likeness (QED) is 0.294. The molecule has 2 aromatic carbocycles. The second-order valence-corrected chi connectivity index (χ2v) is 7.82. The molecule has 5 heterocycles. The van der Waals surface area contributed by atoms with Gasteiger partial charge in [0.15, 0.2) is 0 Å². The van der Waals surface area contributed by atoms with Crippen molar-refractivity contribution in [2.24, 2.45) is 0 Å². The summed E-state index contributed by atoms with van der Waals surface area (Å²) in [6, 6.07) is 26.5. The molecule has 4 N–H and O–H groups in total. The molecule has 7 rings (SSSR count). The van der Waals surface area contributed by atoms with E-state index in [1.54, 1.807) is 36.5 Å². The molecule has 0 saturated carbocycles. The Morgan fingerprint density at radius 1 is 0.667 bits per heavy atom. The number of para-hydroxylation sites is 4. The third-order valence-corrected chi connectivity index (χ3v) is 5.51. The van der Waals surface area contributed by atoms with Crippen molar-refractivity contribution in [2.45, 2.75) is 0 Å². The second-order valence-electron chi connectivity index (χ2n) is 7.82. The summed E-state index contributed by atoms with van der Waals surface area (Å²) in [6.07, 6.45) is 6.82. The smallest absolute Gasteiger partial charge is 0.345 e. The van der Waals surface area contributed by atoms with Crippen LogP contribution in [0.2, 0.25) is 0 Å². The first kappa shape index (κ1) is 22.5. The van der Waals surface area contributed by atoms with E-state index in [2.05, 4.69) is 35.9 Å². The van der Waals surface area contributed by atoms with Crippen molar-refractivity contribution in [3.63, 3.8) is 0 Å². The Morgan fingerprint density at radius 2 is 1.31 bits per heavy atom. The van der Waals surface area contributed by atoms with E-state index in [4.69, 9.17) is 11.5 Å². The maximum atomic E-state index is 11.0. The van der Waals surface area contributed by atoms with Crippen LogP contribution in [0.1, 0.15) is 0 Å². The molecule has 0 unspecified atom stereocenters. The van der Waals surface area contributed by atoms with Crippen molar-refractivity contribution in [3.8, 4) is 0 Å². The minimum absolute atomic E-state index is 0.337. The minimum Gasteiger partial charge on any atom is -0.431 e. The van der Waals surface area contributed by atoms with Gasteiger partial charge in [0.05, 0.1) is 45.1 Å². The van der Waals surface area contributed by atoms with Crippen molar-refractivity contribution < 1.29 is 4.42 Å². The van der Waals surface area contributed by atoms with E-state index in [1.807, 2.05) is 54.9 Å². The topological polar surface area (TPSA) is 125 Å². The molecule has 5 aromatic heterocycles. The molecule has 0 saturated heterocycles. The van der Waals surface area contributed by atoms with Crippen LogP contribution in [0.15, 0.2) is 119 Å². The summed E-state index contributed by atoms with van der Waals surface area (Å²) < 4.78 is 6.76. The number of hydrogen-bond donors (Lipinski definition) is 2. The summed E-state index contributed by atoms with van der Waals surface area (Å²) in [6.45, 7) is 0. The van der Waals surface area contributed by atoms with Gasteiger partial charge in [-0.1, -0.05) is 24.3 Å². The average Bonchev–Trinajstić information content (AvgIpc) is 3.31. The van der Waals surface area contributed by atoms with Crippen LogP contribution in [-0.4, -0.2) is 19.4 Å². The maximum Gasteiger partial charge on any atom is 0.345 e. The van der Waals surface area contributed by atoms with Crippen LogP contribution in [0, 0.1) is 0 Å². The lowest BCUT2D eigenvalue weighted by Gasteiger charge is -1.99. The fourth-order valence-corrected chi connectivity index (χ4v) is 3.73. The zero-order valence-electron chi connectivity index (χ0n) is 19.2. The fraction of sp³-hybridized carbons (Fsp3) is 0. The van der Waals surface area contributed by atoms with Gasteiger partial charge in [0.2, 0.25) is 0 Å². The number of nitrogen functional groups attached to an aromatic ring is 2. The lowest BCUT2D eigenvalue weighted by atomic mass is 10.2. The largest absolute Gasteiger partial charge is 0.431 e. The maximum absolute atomic E-state index is 11.0. The summed E-state index contributed by atoms with van der Waals surface area (Å²) in [5.41, 5.74) is 16.5. The Bertz CT molecular complexity index is 1830. The van der Waals surface area contributed by atoms with Crippen LogP contribution in [0.5, 0.6) is 0 Å². The number of pyridine rings is 3. The zero-order valence-corrected chi connectivity index (χ0v) is 19.2. The van der Waals surface area contributed by atoms with Gasteiger partial charge in [-0.2, -0.15) is 0 Å². The highest BCUT2D eigenvalue weighted by atomic mass is 16.4. The Morgan fingerprint density at radius 3 is 2.00 bits per heavy atom. The molecule has 0 bridgehead atoms. The molecule has 0 aliphatic rings. The van der Waals surface area contributed by atoms with E-state index in [-0.39, 0.29) is 5.63 Å². The summed E-state index contributed by atoms with van der Waals surface area (Å²) in [5, 5.41) is 1.61. The molecular formula is C28H22N6O2. The summed E-state index contributed by atoms with van der Waals surface area (Å²) >= 11 is 0. The van der Waals surface area contributed by atoms with Crippen molar-refractivity contribution in [1.29, 1.82) is 0 Å². The first-order valence-electron chi connectivity index (χ1n) is 11.1. The van der Waals surface area contributed by atoms with Gasteiger partial charge in [0, 0.05) is 24.0 Å². The fourth-order valence-electron chi connectivity index (χ4n) is 3.73.